The number of nitrogens with zero attached hydrogens (tertiary/aromatic N) is 1. The van der Waals surface area contributed by atoms with Gasteiger partial charge in [0.1, 0.15) is 11.5 Å². The van der Waals surface area contributed by atoms with Crippen molar-refractivity contribution in [1.29, 1.82) is 0 Å². The van der Waals surface area contributed by atoms with E-state index < -0.39 is 0 Å². The molecule has 0 spiro atoms. The third-order valence-electron chi connectivity index (χ3n) is 3.17. The van der Waals surface area contributed by atoms with E-state index in [4.69, 9.17) is 21.8 Å². The van der Waals surface area contributed by atoms with Gasteiger partial charge in [-0.05, 0) is 51.1 Å². The van der Waals surface area contributed by atoms with Gasteiger partial charge in [-0.25, -0.2) is 0 Å². The largest absolute Gasteiger partial charge is 0.464 e. The summed E-state index contributed by atoms with van der Waals surface area (Å²) in [4.78, 5) is 14.4. The predicted octanol–water partition coefficient (Wildman–Crippen LogP) is 3.87. The van der Waals surface area contributed by atoms with Crippen LogP contribution in [0.25, 0.3) is 0 Å². The number of benzene rings is 1. The van der Waals surface area contributed by atoms with E-state index in [0.717, 1.165) is 11.5 Å². The fourth-order valence-corrected chi connectivity index (χ4v) is 2.37. The second kappa shape index (κ2) is 6.22. The summed E-state index contributed by atoms with van der Waals surface area (Å²) in [6.07, 6.45) is 0. The fraction of sp³-hybridized carbons (Fsp3) is 0.312. The van der Waals surface area contributed by atoms with Crippen LogP contribution in [0.1, 0.15) is 35.7 Å². The Kier molecular flexibility index (Phi) is 4.58. The molecule has 0 fully saturated rings. The number of anilines is 1. The number of nitrogen functional groups attached to an aromatic ring is 1. The summed E-state index contributed by atoms with van der Waals surface area (Å²) in [5, 5.41) is 0.455. The Morgan fingerprint density at radius 2 is 2.05 bits per heavy atom. The maximum atomic E-state index is 12.7. The Balaban J connectivity index is 2.26. The van der Waals surface area contributed by atoms with Gasteiger partial charge in [0, 0.05) is 22.3 Å². The molecule has 0 aliphatic heterocycles. The van der Waals surface area contributed by atoms with E-state index in [-0.39, 0.29) is 11.9 Å². The zero-order chi connectivity index (χ0) is 15.6. The van der Waals surface area contributed by atoms with Crippen LogP contribution in [-0.4, -0.2) is 16.8 Å². The lowest BCUT2D eigenvalue weighted by atomic mass is 10.1. The molecule has 112 valence electrons. The van der Waals surface area contributed by atoms with Gasteiger partial charge < -0.3 is 15.1 Å². The normalized spacial score (nSPS) is 10.9. The number of hydrogen-bond donors (Lipinski definition) is 1. The van der Waals surface area contributed by atoms with Crippen molar-refractivity contribution >= 4 is 23.2 Å². The van der Waals surface area contributed by atoms with Crippen LogP contribution in [0.3, 0.4) is 0 Å². The van der Waals surface area contributed by atoms with E-state index in [9.17, 15) is 4.79 Å². The molecular formula is C16H19ClN2O2. The van der Waals surface area contributed by atoms with Gasteiger partial charge in [-0.15, -0.1) is 0 Å². The van der Waals surface area contributed by atoms with Gasteiger partial charge in [-0.1, -0.05) is 11.6 Å². The molecule has 2 rings (SSSR count). The predicted molar refractivity (Wildman–Crippen MR) is 84.3 cm³/mol. The van der Waals surface area contributed by atoms with Crippen molar-refractivity contribution in [3.05, 3.63) is 52.4 Å². The molecule has 0 aliphatic carbocycles. The zero-order valence-electron chi connectivity index (χ0n) is 12.4. The van der Waals surface area contributed by atoms with Crippen LogP contribution in [0.5, 0.6) is 0 Å². The second-order valence-electron chi connectivity index (χ2n) is 5.31. The molecule has 0 aliphatic rings. The summed E-state index contributed by atoms with van der Waals surface area (Å²) in [6, 6.07) is 8.68. The molecule has 0 unspecified atom stereocenters. The number of halogens is 1. The van der Waals surface area contributed by atoms with Gasteiger partial charge in [-0.3, -0.25) is 4.79 Å². The topological polar surface area (TPSA) is 59.5 Å². The molecule has 0 radical (unpaired) electrons. The Bertz CT molecular complexity index is 629. The number of amides is 1. The van der Waals surface area contributed by atoms with Crippen LogP contribution in [0, 0.1) is 6.92 Å². The molecule has 1 amide bonds. The number of hydrogen-bond acceptors (Lipinski definition) is 3. The van der Waals surface area contributed by atoms with E-state index in [0.29, 0.717) is 22.8 Å². The molecule has 2 aromatic rings. The molecule has 21 heavy (non-hydrogen) atoms. The number of nitrogens with two attached hydrogens (primary N) is 1. The van der Waals surface area contributed by atoms with Gasteiger partial charge in [0.25, 0.3) is 5.91 Å². The number of carbonyl (C=O) groups excluding carboxylic acids is 1. The maximum absolute atomic E-state index is 12.7. The van der Waals surface area contributed by atoms with Gasteiger partial charge >= 0.3 is 0 Å². The molecule has 1 aromatic carbocycles. The monoisotopic (exact) mass is 306 g/mol. The van der Waals surface area contributed by atoms with E-state index in [2.05, 4.69) is 0 Å². The minimum atomic E-state index is -0.117. The Morgan fingerprint density at radius 3 is 2.57 bits per heavy atom. The van der Waals surface area contributed by atoms with Gasteiger partial charge in [0.15, 0.2) is 0 Å². The molecule has 5 heteroatoms. The van der Waals surface area contributed by atoms with Crippen LogP contribution in [0.15, 0.2) is 34.7 Å². The number of rotatable bonds is 4. The highest BCUT2D eigenvalue weighted by Gasteiger charge is 2.21. The third kappa shape index (κ3) is 3.79. The fourth-order valence-electron chi connectivity index (χ4n) is 2.13. The average Bonchev–Trinajstić information content (AvgIpc) is 2.79. The smallest absolute Gasteiger partial charge is 0.254 e. The SMILES string of the molecule is Cc1ccc(CN(C(=O)c2cc(N)cc(Cl)c2)C(C)C)o1. The molecular weight excluding hydrogens is 288 g/mol. The maximum Gasteiger partial charge on any atom is 0.254 e. The van der Waals surface area contributed by atoms with Crippen molar-refractivity contribution in [3.63, 3.8) is 0 Å². The second-order valence-corrected chi connectivity index (χ2v) is 5.75. The van der Waals surface area contributed by atoms with Crippen molar-refractivity contribution in [2.24, 2.45) is 0 Å². The van der Waals surface area contributed by atoms with Crippen LogP contribution >= 0.6 is 11.6 Å². The highest BCUT2D eigenvalue weighted by atomic mass is 35.5. The molecule has 1 heterocycles. The zero-order valence-corrected chi connectivity index (χ0v) is 13.1. The first-order valence-electron chi connectivity index (χ1n) is 6.79. The third-order valence-corrected chi connectivity index (χ3v) is 3.39. The average molecular weight is 307 g/mol. The highest BCUT2D eigenvalue weighted by Crippen LogP contribution is 2.20. The van der Waals surface area contributed by atoms with Crippen LogP contribution in [-0.2, 0) is 6.54 Å². The Morgan fingerprint density at radius 1 is 1.33 bits per heavy atom. The van der Waals surface area contributed by atoms with Gasteiger partial charge in [0.05, 0.1) is 6.54 Å². The standard InChI is InChI=1S/C16H19ClN2O2/c1-10(2)19(9-15-5-4-11(3)21-15)16(20)12-6-13(17)8-14(18)7-12/h4-8,10H,9,18H2,1-3H3. The van der Waals surface area contributed by atoms with Crippen molar-refractivity contribution in [2.45, 2.75) is 33.4 Å². The first-order valence-corrected chi connectivity index (χ1v) is 7.17. The van der Waals surface area contributed by atoms with Gasteiger partial charge in [0.2, 0.25) is 0 Å². The summed E-state index contributed by atoms with van der Waals surface area (Å²) in [7, 11) is 0. The van der Waals surface area contributed by atoms with Crippen molar-refractivity contribution in [3.8, 4) is 0 Å². The lowest BCUT2D eigenvalue weighted by Crippen LogP contribution is -2.36. The van der Waals surface area contributed by atoms with E-state index in [1.165, 1.54) is 0 Å². The van der Waals surface area contributed by atoms with Crippen molar-refractivity contribution in [2.75, 3.05) is 5.73 Å². The minimum Gasteiger partial charge on any atom is -0.464 e. The van der Waals surface area contributed by atoms with Gasteiger partial charge in [-0.2, -0.15) is 0 Å². The Hall–Kier alpha value is -1.94. The Labute approximate surface area is 129 Å². The van der Waals surface area contributed by atoms with Crippen LogP contribution in [0.4, 0.5) is 5.69 Å². The quantitative estimate of drug-likeness (QED) is 0.872. The first kappa shape index (κ1) is 15.4. The number of aryl methyl sites for hydroxylation is 1. The summed E-state index contributed by atoms with van der Waals surface area (Å²) in [5.74, 6) is 1.46. The lowest BCUT2D eigenvalue weighted by Gasteiger charge is -2.26. The molecule has 1 aromatic heterocycles. The number of furan rings is 1. The summed E-state index contributed by atoms with van der Waals surface area (Å²) in [6.45, 7) is 6.21. The highest BCUT2D eigenvalue weighted by molar-refractivity contribution is 6.31. The molecule has 0 saturated carbocycles. The molecule has 2 N–H and O–H groups in total. The van der Waals surface area contributed by atoms with E-state index in [1.54, 1.807) is 23.1 Å². The summed E-state index contributed by atoms with van der Waals surface area (Å²) >= 11 is 5.97. The molecule has 0 bridgehead atoms. The van der Waals surface area contributed by atoms with Crippen molar-refractivity contribution in [1.82, 2.24) is 4.90 Å². The summed E-state index contributed by atoms with van der Waals surface area (Å²) in [5.41, 5.74) is 6.71. The number of carbonyl (C=O) groups is 1. The first-order chi connectivity index (χ1) is 9.86. The van der Waals surface area contributed by atoms with E-state index >= 15 is 0 Å². The minimum absolute atomic E-state index is 0.0307. The van der Waals surface area contributed by atoms with Crippen molar-refractivity contribution < 1.29 is 9.21 Å². The van der Waals surface area contributed by atoms with Crippen LogP contribution < -0.4 is 5.73 Å². The summed E-state index contributed by atoms with van der Waals surface area (Å²) < 4.78 is 5.55. The molecule has 0 atom stereocenters. The molecule has 4 nitrogen and oxygen atoms in total. The van der Waals surface area contributed by atoms with Crippen LogP contribution in [0.2, 0.25) is 5.02 Å². The molecule has 0 saturated heterocycles. The lowest BCUT2D eigenvalue weighted by molar-refractivity contribution is 0.0675. The van der Waals surface area contributed by atoms with E-state index in [1.807, 2.05) is 32.9 Å².